The molecule has 1 atom stereocenters. The number of nitrogens with zero attached hydrogens (tertiary/aromatic N) is 3. The summed E-state index contributed by atoms with van der Waals surface area (Å²) in [7, 11) is 0. The number of carbonyl (C=O) groups excluding carboxylic acids is 1. The van der Waals surface area contributed by atoms with Crippen molar-refractivity contribution < 1.29 is 9.32 Å². The van der Waals surface area contributed by atoms with Crippen LogP contribution in [0.2, 0.25) is 0 Å². The second-order valence-corrected chi connectivity index (χ2v) is 7.47. The maximum Gasteiger partial charge on any atom is 0.264 e. The Bertz CT molecular complexity index is 689. The topological polar surface area (TPSA) is 59.2 Å². The summed E-state index contributed by atoms with van der Waals surface area (Å²) >= 11 is 1.55. The van der Waals surface area contributed by atoms with Gasteiger partial charge in [0.1, 0.15) is 6.04 Å². The van der Waals surface area contributed by atoms with E-state index in [1.54, 1.807) is 11.3 Å². The van der Waals surface area contributed by atoms with Crippen molar-refractivity contribution in [3.05, 3.63) is 33.6 Å². The van der Waals surface area contributed by atoms with Gasteiger partial charge in [0.25, 0.3) is 5.91 Å². The predicted molar refractivity (Wildman–Crippen MR) is 83.0 cm³/mol. The Morgan fingerprint density at radius 2 is 2.18 bits per heavy atom. The Kier molecular flexibility index (Phi) is 3.48. The van der Waals surface area contributed by atoms with Crippen LogP contribution in [-0.2, 0) is 0 Å². The van der Waals surface area contributed by atoms with Crippen LogP contribution in [0.5, 0.6) is 0 Å². The molecule has 2 aromatic heterocycles. The zero-order valence-electron chi connectivity index (χ0n) is 12.6. The van der Waals surface area contributed by atoms with Gasteiger partial charge in [-0.05, 0) is 51.2 Å². The zero-order chi connectivity index (χ0) is 15.1. The van der Waals surface area contributed by atoms with E-state index in [4.69, 9.17) is 4.52 Å². The summed E-state index contributed by atoms with van der Waals surface area (Å²) in [5, 5.41) is 4.10. The number of thiophene rings is 1. The molecule has 0 radical (unpaired) electrons. The Morgan fingerprint density at radius 1 is 1.32 bits per heavy atom. The molecular weight excluding hydrogens is 298 g/mol. The number of aryl methyl sites for hydroxylation is 1. The van der Waals surface area contributed by atoms with E-state index in [2.05, 4.69) is 10.1 Å². The molecule has 0 bridgehead atoms. The third-order valence-corrected chi connectivity index (χ3v) is 5.39. The molecule has 2 aromatic rings. The summed E-state index contributed by atoms with van der Waals surface area (Å²) < 4.78 is 5.48. The molecule has 1 aliphatic carbocycles. The summed E-state index contributed by atoms with van der Waals surface area (Å²) in [5.41, 5.74) is 0. The third-order valence-electron chi connectivity index (χ3n) is 4.40. The summed E-state index contributed by atoms with van der Waals surface area (Å²) in [6.45, 7) is 2.79. The SMILES string of the molecule is Cc1ccc(C(=O)N2CCCCC2c2nc(C3CC3)no2)s1. The number of hydrogen-bond acceptors (Lipinski definition) is 5. The van der Waals surface area contributed by atoms with Crippen LogP contribution in [0.4, 0.5) is 0 Å². The number of likely N-dealkylation sites (tertiary alicyclic amines) is 1. The normalized spacial score (nSPS) is 22.0. The van der Waals surface area contributed by atoms with Gasteiger partial charge in [-0.25, -0.2) is 0 Å². The molecule has 5 nitrogen and oxygen atoms in total. The number of amides is 1. The lowest BCUT2D eigenvalue weighted by Gasteiger charge is -2.33. The maximum atomic E-state index is 12.8. The molecule has 1 aliphatic heterocycles. The summed E-state index contributed by atoms with van der Waals surface area (Å²) in [5.74, 6) is 2.00. The Balaban J connectivity index is 1.59. The molecule has 3 heterocycles. The van der Waals surface area contributed by atoms with Gasteiger partial charge in [-0.2, -0.15) is 4.98 Å². The molecule has 2 aliphatic rings. The maximum absolute atomic E-state index is 12.8. The molecule has 22 heavy (non-hydrogen) atoms. The van der Waals surface area contributed by atoms with Crippen molar-refractivity contribution in [2.24, 2.45) is 0 Å². The van der Waals surface area contributed by atoms with E-state index in [-0.39, 0.29) is 11.9 Å². The van der Waals surface area contributed by atoms with E-state index in [0.717, 1.165) is 54.2 Å². The van der Waals surface area contributed by atoms with Crippen LogP contribution < -0.4 is 0 Å². The van der Waals surface area contributed by atoms with Gasteiger partial charge in [0.2, 0.25) is 5.89 Å². The number of hydrogen-bond donors (Lipinski definition) is 0. The Hall–Kier alpha value is -1.69. The van der Waals surface area contributed by atoms with Gasteiger partial charge in [-0.1, -0.05) is 5.16 Å². The fourth-order valence-electron chi connectivity index (χ4n) is 3.01. The van der Waals surface area contributed by atoms with Crippen molar-refractivity contribution in [2.75, 3.05) is 6.54 Å². The van der Waals surface area contributed by atoms with Crippen LogP contribution in [0.3, 0.4) is 0 Å². The smallest absolute Gasteiger partial charge is 0.264 e. The highest BCUT2D eigenvalue weighted by molar-refractivity contribution is 7.13. The van der Waals surface area contributed by atoms with Crippen LogP contribution in [0, 0.1) is 6.92 Å². The Morgan fingerprint density at radius 3 is 2.91 bits per heavy atom. The average Bonchev–Trinajstić information content (AvgIpc) is 3.11. The Labute approximate surface area is 133 Å². The number of rotatable bonds is 3. The molecule has 1 amide bonds. The molecule has 1 unspecified atom stereocenters. The van der Waals surface area contributed by atoms with E-state index in [9.17, 15) is 4.79 Å². The largest absolute Gasteiger partial charge is 0.337 e. The van der Waals surface area contributed by atoms with Crippen LogP contribution >= 0.6 is 11.3 Å². The standard InChI is InChI=1S/C16H19N3O2S/c1-10-5-8-13(22-10)16(20)19-9-3-2-4-12(19)15-17-14(18-21-15)11-6-7-11/h5,8,11-12H,2-4,6-7,9H2,1H3. The van der Waals surface area contributed by atoms with Crippen molar-refractivity contribution in [3.63, 3.8) is 0 Å². The minimum atomic E-state index is -0.0661. The molecule has 1 saturated heterocycles. The van der Waals surface area contributed by atoms with E-state index in [0.29, 0.717) is 11.8 Å². The zero-order valence-corrected chi connectivity index (χ0v) is 13.4. The second-order valence-electron chi connectivity index (χ2n) is 6.19. The first-order valence-electron chi connectivity index (χ1n) is 7.93. The summed E-state index contributed by atoms with van der Waals surface area (Å²) in [4.78, 5) is 21.2. The van der Waals surface area contributed by atoms with Crippen molar-refractivity contribution in [3.8, 4) is 0 Å². The van der Waals surface area contributed by atoms with Gasteiger partial charge < -0.3 is 9.42 Å². The monoisotopic (exact) mass is 317 g/mol. The summed E-state index contributed by atoms with van der Waals surface area (Å²) in [6.07, 6.45) is 5.35. The van der Waals surface area contributed by atoms with Gasteiger partial charge in [-0.15, -0.1) is 11.3 Å². The number of aromatic nitrogens is 2. The van der Waals surface area contributed by atoms with Gasteiger partial charge in [0.15, 0.2) is 5.82 Å². The highest BCUT2D eigenvalue weighted by Crippen LogP contribution is 2.39. The van der Waals surface area contributed by atoms with Crippen LogP contribution in [0.15, 0.2) is 16.7 Å². The first-order chi connectivity index (χ1) is 10.7. The third kappa shape index (κ3) is 2.56. The lowest BCUT2D eigenvalue weighted by Crippen LogP contribution is -2.38. The van der Waals surface area contributed by atoms with E-state index >= 15 is 0 Å². The van der Waals surface area contributed by atoms with Gasteiger partial charge in [0, 0.05) is 17.3 Å². The first kappa shape index (κ1) is 13.9. The lowest BCUT2D eigenvalue weighted by molar-refractivity contribution is 0.0566. The fraction of sp³-hybridized carbons (Fsp3) is 0.562. The number of carbonyl (C=O) groups is 1. The van der Waals surface area contributed by atoms with E-state index in [1.165, 1.54) is 0 Å². The molecular formula is C16H19N3O2S. The van der Waals surface area contributed by atoms with Crippen molar-refractivity contribution in [2.45, 2.75) is 51.0 Å². The van der Waals surface area contributed by atoms with Crippen molar-refractivity contribution in [1.82, 2.24) is 15.0 Å². The van der Waals surface area contributed by atoms with Crippen molar-refractivity contribution >= 4 is 17.2 Å². The summed E-state index contributed by atoms with van der Waals surface area (Å²) in [6, 6.07) is 3.84. The number of piperidine rings is 1. The minimum absolute atomic E-state index is 0.0661. The first-order valence-corrected chi connectivity index (χ1v) is 8.75. The minimum Gasteiger partial charge on any atom is -0.337 e. The quantitative estimate of drug-likeness (QED) is 0.866. The molecule has 1 saturated carbocycles. The molecule has 4 rings (SSSR count). The lowest BCUT2D eigenvalue weighted by atomic mass is 10.0. The fourth-order valence-corrected chi connectivity index (χ4v) is 3.84. The highest BCUT2D eigenvalue weighted by Gasteiger charge is 2.35. The van der Waals surface area contributed by atoms with Gasteiger partial charge in [-0.3, -0.25) is 4.79 Å². The van der Waals surface area contributed by atoms with Gasteiger partial charge in [0.05, 0.1) is 4.88 Å². The average molecular weight is 317 g/mol. The predicted octanol–water partition coefficient (Wildman–Crippen LogP) is 3.68. The van der Waals surface area contributed by atoms with Gasteiger partial charge >= 0.3 is 0 Å². The molecule has 0 N–H and O–H groups in total. The molecule has 2 fully saturated rings. The molecule has 0 aromatic carbocycles. The second kappa shape index (κ2) is 5.50. The molecule has 116 valence electrons. The van der Waals surface area contributed by atoms with Crippen molar-refractivity contribution in [1.29, 1.82) is 0 Å². The van der Waals surface area contributed by atoms with Crippen LogP contribution in [0.1, 0.15) is 70.3 Å². The highest BCUT2D eigenvalue weighted by atomic mass is 32.1. The van der Waals surface area contributed by atoms with E-state index < -0.39 is 0 Å². The van der Waals surface area contributed by atoms with Crippen LogP contribution in [-0.4, -0.2) is 27.5 Å². The van der Waals surface area contributed by atoms with E-state index in [1.807, 2.05) is 24.0 Å². The van der Waals surface area contributed by atoms with Crippen LogP contribution in [0.25, 0.3) is 0 Å². The molecule has 0 spiro atoms. The molecule has 6 heteroatoms.